The molecule has 0 atom stereocenters. The van der Waals surface area contributed by atoms with Crippen LogP contribution in [0.4, 0.5) is 5.95 Å². The third kappa shape index (κ3) is 3.07. The van der Waals surface area contributed by atoms with Gasteiger partial charge in [-0.05, 0) is 30.7 Å². The molecular weight excluding hydrogens is 380 g/mol. The topological polar surface area (TPSA) is 119 Å². The normalized spacial score (nSPS) is 11.2. The number of nitrogens with two attached hydrogens (primary N) is 1. The maximum atomic E-state index is 12.9. The van der Waals surface area contributed by atoms with E-state index in [-0.39, 0.29) is 5.91 Å². The van der Waals surface area contributed by atoms with Gasteiger partial charge in [0.1, 0.15) is 5.65 Å². The molecule has 0 saturated carbocycles. The number of benzene rings is 1. The minimum absolute atomic E-state index is 0.335. The molecule has 0 bridgehead atoms. The molecule has 0 saturated heterocycles. The van der Waals surface area contributed by atoms with Crippen molar-refractivity contribution in [1.82, 2.24) is 19.5 Å². The lowest BCUT2D eigenvalue weighted by atomic mass is 10.2. The lowest BCUT2D eigenvalue weighted by Crippen LogP contribution is -2.15. The Balaban J connectivity index is 1.75. The van der Waals surface area contributed by atoms with Gasteiger partial charge in [-0.15, -0.1) is 0 Å². The average molecular weight is 397 g/mol. The fourth-order valence-electron chi connectivity index (χ4n) is 3.16. The number of halogens is 1. The zero-order chi connectivity index (χ0) is 19.8. The van der Waals surface area contributed by atoms with Crippen LogP contribution in [0.2, 0.25) is 5.02 Å². The van der Waals surface area contributed by atoms with Crippen LogP contribution in [0, 0.1) is 0 Å². The summed E-state index contributed by atoms with van der Waals surface area (Å²) in [6.07, 6.45) is 3.94. The van der Waals surface area contributed by atoms with Gasteiger partial charge in [0.15, 0.2) is 0 Å². The number of H-pyrrole nitrogens is 1. The van der Waals surface area contributed by atoms with E-state index in [4.69, 9.17) is 17.3 Å². The molecule has 4 N–H and O–H groups in total. The molecule has 0 fully saturated rings. The molecule has 0 aliphatic rings. The Kier molecular flexibility index (Phi) is 4.48. The first kappa shape index (κ1) is 18.0. The molecule has 9 heteroatoms. The van der Waals surface area contributed by atoms with Gasteiger partial charge < -0.3 is 15.3 Å². The standard InChI is InChI=1S/C19H17ClN6O2/c1-2-5-26-15-4-3-10(16(21)27)6-14(15)24-19(26)25-18(28)13-9-23-17-12(13)7-11(20)8-22-17/h3-4,6-9H,2,5H2,1H3,(H2,21,27)(H,22,23)(H,24,25,28). The second kappa shape index (κ2) is 6.97. The lowest BCUT2D eigenvalue weighted by Gasteiger charge is -2.08. The molecule has 8 nitrogen and oxygen atoms in total. The van der Waals surface area contributed by atoms with Gasteiger partial charge >= 0.3 is 0 Å². The van der Waals surface area contributed by atoms with Crippen molar-refractivity contribution in [3.63, 3.8) is 0 Å². The molecule has 28 heavy (non-hydrogen) atoms. The van der Waals surface area contributed by atoms with Crippen LogP contribution in [0.25, 0.3) is 22.1 Å². The molecule has 0 spiro atoms. The largest absolute Gasteiger partial charge is 0.366 e. The van der Waals surface area contributed by atoms with E-state index >= 15 is 0 Å². The van der Waals surface area contributed by atoms with Crippen LogP contribution >= 0.6 is 11.6 Å². The van der Waals surface area contributed by atoms with Crippen molar-refractivity contribution in [2.75, 3.05) is 5.32 Å². The predicted molar refractivity (Wildman–Crippen MR) is 108 cm³/mol. The number of nitrogens with one attached hydrogen (secondary N) is 2. The van der Waals surface area contributed by atoms with E-state index < -0.39 is 5.91 Å². The summed E-state index contributed by atoms with van der Waals surface area (Å²) in [7, 11) is 0. The van der Waals surface area contributed by atoms with Crippen LogP contribution in [0.3, 0.4) is 0 Å². The van der Waals surface area contributed by atoms with Crippen LogP contribution in [0.15, 0.2) is 36.7 Å². The molecule has 0 aliphatic heterocycles. The molecule has 2 amide bonds. The zero-order valence-corrected chi connectivity index (χ0v) is 15.7. The number of carbonyl (C=O) groups is 2. The Bertz CT molecular complexity index is 1230. The Hall–Kier alpha value is -3.39. The van der Waals surface area contributed by atoms with Gasteiger partial charge in [0.05, 0.1) is 21.6 Å². The van der Waals surface area contributed by atoms with E-state index in [0.717, 1.165) is 11.9 Å². The molecule has 4 aromatic rings. The first-order chi connectivity index (χ1) is 13.5. The number of fused-ring (bicyclic) bond motifs is 2. The van der Waals surface area contributed by atoms with E-state index in [0.29, 0.717) is 45.2 Å². The number of pyridine rings is 1. The maximum Gasteiger partial charge on any atom is 0.260 e. The number of carbonyl (C=O) groups excluding carboxylic acids is 2. The van der Waals surface area contributed by atoms with Crippen molar-refractivity contribution in [3.05, 3.63) is 52.8 Å². The van der Waals surface area contributed by atoms with Gasteiger partial charge in [-0.25, -0.2) is 9.97 Å². The van der Waals surface area contributed by atoms with E-state index in [1.165, 1.54) is 6.20 Å². The van der Waals surface area contributed by atoms with Crippen LogP contribution in [0.1, 0.15) is 34.1 Å². The highest BCUT2D eigenvalue weighted by molar-refractivity contribution is 6.31. The van der Waals surface area contributed by atoms with Crippen LogP contribution in [-0.2, 0) is 6.54 Å². The number of amides is 2. The minimum Gasteiger partial charge on any atom is -0.366 e. The van der Waals surface area contributed by atoms with Crippen LogP contribution < -0.4 is 11.1 Å². The number of anilines is 1. The molecule has 1 aromatic carbocycles. The van der Waals surface area contributed by atoms with E-state index in [2.05, 4.69) is 20.3 Å². The SMILES string of the molecule is CCCn1c(NC(=O)c2c[nH]c3ncc(Cl)cc23)nc2cc(C(N)=O)ccc21. The summed E-state index contributed by atoms with van der Waals surface area (Å²) in [5.41, 5.74) is 8.10. The molecule has 142 valence electrons. The number of aryl methyl sites for hydroxylation is 1. The molecule has 3 heterocycles. The number of aromatic nitrogens is 4. The highest BCUT2D eigenvalue weighted by Crippen LogP contribution is 2.24. The summed E-state index contributed by atoms with van der Waals surface area (Å²) in [6, 6.07) is 6.74. The number of hydrogen-bond acceptors (Lipinski definition) is 4. The first-order valence-electron chi connectivity index (χ1n) is 8.72. The summed E-state index contributed by atoms with van der Waals surface area (Å²) in [5.74, 6) is -0.466. The Morgan fingerprint density at radius 3 is 2.89 bits per heavy atom. The molecular formula is C19H17ClN6O2. The molecule has 3 aromatic heterocycles. The minimum atomic E-state index is -0.527. The number of hydrogen-bond donors (Lipinski definition) is 3. The monoisotopic (exact) mass is 396 g/mol. The summed E-state index contributed by atoms with van der Waals surface area (Å²) in [6.45, 7) is 2.69. The van der Waals surface area contributed by atoms with Crippen molar-refractivity contribution < 1.29 is 9.59 Å². The number of rotatable bonds is 5. The van der Waals surface area contributed by atoms with Crippen molar-refractivity contribution in [3.8, 4) is 0 Å². The van der Waals surface area contributed by atoms with Gasteiger partial charge in [-0.1, -0.05) is 18.5 Å². The third-order valence-electron chi connectivity index (χ3n) is 4.45. The quantitative estimate of drug-likeness (QED) is 0.479. The smallest absolute Gasteiger partial charge is 0.260 e. The Labute approximate surface area is 164 Å². The number of aromatic amines is 1. The molecule has 4 rings (SSSR count). The summed E-state index contributed by atoms with van der Waals surface area (Å²) in [4.78, 5) is 35.9. The fraction of sp³-hybridized carbons (Fsp3) is 0.158. The second-order valence-electron chi connectivity index (χ2n) is 6.36. The summed E-state index contributed by atoms with van der Waals surface area (Å²) >= 11 is 6.01. The molecule has 0 unspecified atom stereocenters. The Morgan fingerprint density at radius 2 is 2.14 bits per heavy atom. The van der Waals surface area contributed by atoms with Gasteiger partial charge in [0.2, 0.25) is 11.9 Å². The van der Waals surface area contributed by atoms with Crippen molar-refractivity contribution >= 4 is 51.4 Å². The van der Waals surface area contributed by atoms with Crippen molar-refractivity contribution in [2.45, 2.75) is 19.9 Å². The first-order valence-corrected chi connectivity index (χ1v) is 9.09. The maximum absolute atomic E-state index is 12.9. The van der Waals surface area contributed by atoms with Crippen molar-refractivity contribution in [1.29, 1.82) is 0 Å². The average Bonchev–Trinajstić information content (AvgIpc) is 3.22. The highest BCUT2D eigenvalue weighted by Gasteiger charge is 2.18. The van der Waals surface area contributed by atoms with Gasteiger partial charge in [0, 0.05) is 29.9 Å². The van der Waals surface area contributed by atoms with E-state index in [9.17, 15) is 9.59 Å². The third-order valence-corrected chi connectivity index (χ3v) is 4.65. The fourth-order valence-corrected chi connectivity index (χ4v) is 3.32. The van der Waals surface area contributed by atoms with Gasteiger partial charge in [0.25, 0.3) is 5.91 Å². The zero-order valence-electron chi connectivity index (χ0n) is 15.0. The number of primary amides is 1. The molecule has 0 radical (unpaired) electrons. The van der Waals surface area contributed by atoms with Gasteiger partial charge in [-0.3, -0.25) is 14.9 Å². The molecule has 0 aliphatic carbocycles. The van der Waals surface area contributed by atoms with Gasteiger partial charge in [-0.2, -0.15) is 0 Å². The summed E-state index contributed by atoms with van der Waals surface area (Å²) < 4.78 is 1.90. The summed E-state index contributed by atoms with van der Waals surface area (Å²) in [5, 5.41) is 3.92. The number of nitrogens with zero attached hydrogens (tertiary/aromatic N) is 3. The van der Waals surface area contributed by atoms with Crippen molar-refractivity contribution in [2.24, 2.45) is 5.73 Å². The van der Waals surface area contributed by atoms with Crippen LogP contribution in [0.5, 0.6) is 0 Å². The second-order valence-corrected chi connectivity index (χ2v) is 6.80. The number of imidazole rings is 1. The van der Waals surface area contributed by atoms with Crippen LogP contribution in [-0.4, -0.2) is 31.3 Å². The lowest BCUT2D eigenvalue weighted by molar-refractivity contribution is 0.0997. The highest BCUT2D eigenvalue weighted by atomic mass is 35.5. The van der Waals surface area contributed by atoms with E-state index in [1.54, 1.807) is 30.5 Å². The predicted octanol–water partition coefficient (Wildman–Crippen LogP) is 3.33. The Morgan fingerprint density at radius 1 is 1.32 bits per heavy atom. The van der Waals surface area contributed by atoms with E-state index in [1.807, 2.05) is 11.5 Å².